The predicted octanol–water partition coefficient (Wildman–Crippen LogP) is 2.60. The van der Waals surface area contributed by atoms with Gasteiger partial charge in [0, 0.05) is 7.05 Å². The highest BCUT2D eigenvalue weighted by atomic mass is 35.5. The maximum Gasteiger partial charge on any atom is 0.271 e. The number of anilines is 1. The molecular formula is C13H11ClN4OS. The molecule has 3 rings (SSSR count). The van der Waals surface area contributed by atoms with E-state index in [0.29, 0.717) is 27.8 Å². The molecular weight excluding hydrogens is 296 g/mol. The zero-order valence-corrected chi connectivity index (χ0v) is 12.2. The summed E-state index contributed by atoms with van der Waals surface area (Å²) in [6.07, 6.45) is 1.53. The topological polar surface area (TPSA) is 59.8 Å². The van der Waals surface area contributed by atoms with Gasteiger partial charge in [0.15, 0.2) is 0 Å². The van der Waals surface area contributed by atoms with E-state index in [2.05, 4.69) is 15.3 Å². The molecule has 3 aromatic heterocycles. The summed E-state index contributed by atoms with van der Waals surface area (Å²) < 4.78 is 2.17. The van der Waals surface area contributed by atoms with Crippen LogP contribution in [0.1, 0.15) is 5.69 Å². The lowest BCUT2D eigenvalue weighted by atomic mass is 10.3. The van der Waals surface area contributed by atoms with Crippen molar-refractivity contribution in [3.63, 3.8) is 0 Å². The number of halogens is 1. The maximum absolute atomic E-state index is 12.3. The zero-order valence-electron chi connectivity index (χ0n) is 10.6. The minimum Gasteiger partial charge on any atom is -0.373 e. The van der Waals surface area contributed by atoms with Crippen LogP contribution in [0, 0.1) is 0 Å². The van der Waals surface area contributed by atoms with Crippen LogP contribution in [0.2, 0.25) is 5.02 Å². The molecule has 0 unspecified atom stereocenters. The number of fused-ring (bicyclic) bond motifs is 1. The van der Waals surface area contributed by atoms with Gasteiger partial charge in [-0.1, -0.05) is 11.6 Å². The second kappa shape index (κ2) is 5.22. The van der Waals surface area contributed by atoms with E-state index in [4.69, 9.17) is 11.6 Å². The summed E-state index contributed by atoms with van der Waals surface area (Å²) in [5.74, 6) is 0.711. The Morgan fingerprint density at radius 3 is 3.05 bits per heavy atom. The van der Waals surface area contributed by atoms with Crippen molar-refractivity contribution in [1.29, 1.82) is 0 Å². The Labute approximate surface area is 123 Å². The summed E-state index contributed by atoms with van der Waals surface area (Å²) in [5.41, 5.74) is 1.29. The van der Waals surface area contributed by atoms with Crippen LogP contribution >= 0.6 is 22.9 Å². The number of pyridine rings is 1. The number of aromatic nitrogens is 3. The van der Waals surface area contributed by atoms with Gasteiger partial charge in [-0.3, -0.25) is 9.36 Å². The highest BCUT2D eigenvalue weighted by molar-refractivity contribution is 7.17. The van der Waals surface area contributed by atoms with Crippen molar-refractivity contribution in [2.75, 3.05) is 12.4 Å². The van der Waals surface area contributed by atoms with Crippen molar-refractivity contribution < 1.29 is 0 Å². The second-order valence-corrected chi connectivity index (χ2v) is 5.51. The van der Waals surface area contributed by atoms with Crippen LogP contribution < -0.4 is 10.9 Å². The molecule has 3 aromatic rings. The van der Waals surface area contributed by atoms with Crippen molar-refractivity contribution in [2.45, 2.75) is 6.54 Å². The lowest BCUT2D eigenvalue weighted by Crippen LogP contribution is -2.21. The summed E-state index contributed by atoms with van der Waals surface area (Å²) in [6, 6.07) is 5.38. The number of nitrogens with zero attached hydrogens (tertiary/aromatic N) is 3. The molecule has 0 atom stereocenters. The molecule has 7 heteroatoms. The van der Waals surface area contributed by atoms with Gasteiger partial charge in [-0.25, -0.2) is 9.97 Å². The lowest BCUT2D eigenvalue weighted by molar-refractivity contribution is 0.732. The molecule has 1 N–H and O–H groups in total. The molecule has 0 aromatic carbocycles. The number of thiophene rings is 1. The Morgan fingerprint density at radius 1 is 1.40 bits per heavy atom. The normalized spacial score (nSPS) is 10.9. The van der Waals surface area contributed by atoms with Crippen LogP contribution in [0.15, 0.2) is 34.7 Å². The Kier molecular flexibility index (Phi) is 3.42. The van der Waals surface area contributed by atoms with Crippen molar-refractivity contribution in [3.05, 3.63) is 51.0 Å². The molecule has 0 spiro atoms. The summed E-state index contributed by atoms with van der Waals surface area (Å²) >= 11 is 7.52. The van der Waals surface area contributed by atoms with Gasteiger partial charge in [0.2, 0.25) is 0 Å². The second-order valence-electron chi connectivity index (χ2n) is 4.19. The average molecular weight is 307 g/mol. The minimum absolute atomic E-state index is 0.0715. The standard InChI is InChI=1S/C13H11ClN4OS/c1-15-11-3-2-8(14)10(17-11)6-18-7-16-9-4-5-20-12(9)13(18)19/h2-5,7H,6H2,1H3,(H,15,17). The van der Waals surface area contributed by atoms with E-state index in [9.17, 15) is 4.79 Å². The third-order valence-corrected chi connectivity index (χ3v) is 4.17. The quantitative estimate of drug-likeness (QED) is 0.808. The fourth-order valence-electron chi connectivity index (χ4n) is 1.89. The fraction of sp³-hybridized carbons (Fsp3) is 0.154. The van der Waals surface area contributed by atoms with Gasteiger partial charge in [0.1, 0.15) is 10.5 Å². The van der Waals surface area contributed by atoms with Crippen molar-refractivity contribution in [2.24, 2.45) is 0 Å². The molecule has 0 aliphatic heterocycles. The first-order valence-corrected chi connectivity index (χ1v) is 7.20. The van der Waals surface area contributed by atoms with Gasteiger partial charge >= 0.3 is 0 Å². The SMILES string of the molecule is CNc1ccc(Cl)c(Cn2cnc3ccsc3c2=O)n1. The molecule has 0 radical (unpaired) electrons. The van der Waals surface area contributed by atoms with E-state index in [1.807, 2.05) is 11.4 Å². The highest BCUT2D eigenvalue weighted by Gasteiger charge is 2.09. The Bertz CT molecular complexity index is 827. The zero-order chi connectivity index (χ0) is 14.1. The van der Waals surface area contributed by atoms with Crippen LogP contribution in [0.25, 0.3) is 10.2 Å². The predicted molar refractivity (Wildman–Crippen MR) is 81.8 cm³/mol. The molecule has 20 heavy (non-hydrogen) atoms. The first-order valence-electron chi connectivity index (χ1n) is 5.95. The van der Waals surface area contributed by atoms with E-state index in [1.165, 1.54) is 22.2 Å². The number of rotatable bonds is 3. The highest BCUT2D eigenvalue weighted by Crippen LogP contribution is 2.18. The Hall–Kier alpha value is -1.92. The Balaban J connectivity index is 2.05. The van der Waals surface area contributed by atoms with Gasteiger partial charge in [-0.05, 0) is 23.6 Å². The molecule has 0 aliphatic rings. The molecule has 0 amide bonds. The van der Waals surface area contributed by atoms with E-state index >= 15 is 0 Å². The third kappa shape index (κ3) is 2.28. The average Bonchev–Trinajstić information content (AvgIpc) is 2.93. The maximum atomic E-state index is 12.3. The molecule has 0 bridgehead atoms. The van der Waals surface area contributed by atoms with Gasteiger partial charge in [0.05, 0.1) is 29.1 Å². The van der Waals surface area contributed by atoms with E-state index in [1.54, 1.807) is 19.2 Å². The summed E-state index contributed by atoms with van der Waals surface area (Å²) in [7, 11) is 1.78. The van der Waals surface area contributed by atoms with Crippen LogP contribution in [-0.4, -0.2) is 21.6 Å². The van der Waals surface area contributed by atoms with Gasteiger partial charge in [-0.15, -0.1) is 11.3 Å². The largest absolute Gasteiger partial charge is 0.373 e. The summed E-state index contributed by atoms with van der Waals surface area (Å²) in [5, 5.41) is 5.34. The van der Waals surface area contributed by atoms with Gasteiger partial charge in [-0.2, -0.15) is 0 Å². The molecule has 3 heterocycles. The molecule has 102 valence electrons. The number of nitrogens with one attached hydrogen (secondary N) is 1. The third-order valence-electron chi connectivity index (χ3n) is 2.93. The molecule has 0 aliphatic carbocycles. The Morgan fingerprint density at radius 2 is 2.25 bits per heavy atom. The van der Waals surface area contributed by atoms with Gasteiger partial charge < -0.3 is 5.32 Å². The first-order chi connectivity index (χ1) is 9.69. The molecule has 0 saturated carbocycles. The van der Waals surface area contributed by atoms with Crippen molar-refractivity contribution in [3.8, 4) is 0 Å². The minimum atomic E-state index is -0.0715. The smallest absolute Gasteiger partial charge is 0.271 e. The summed E-state index contributed by atoms with van der Waals surface area (Å²) in [4.78, 5) is 20.9. The molecule has 0 saturated heterocycles. The van der Waals surface area contributed by atoms with E-state index in [-0.39, 0.29) is 5.56 Å². The van der Waals surface area contributed by atoms with Crippen LogP contribution in [0.3, 0.4) is 0 Å². The van der Waals surface area contributed by atoms with E-state index < -0.39 is 0 Å². The number of hydrogen-bond acceptors (Lipinski definition) is 5. The van der Waals surface area contributed by atoms with Crippen LogP contribution in [-0.2, 0) is 6.54 Å². The van der Waals surface area contributed by atoms with Crippen molar-refractivity contribution >= 4 is 39.0 Å². The molecule has 0 fully saturated rings. The van der Waals surface area contributed by atoms with E-state index in [0.717, 1.165) is 5.52 Å². The fourth-order valence-corrected chi connectivity index (χ4v) is 2.85. The number of hydrogen-bond donors (Lipinski definition) is 1. The van der Waals surface area contributed by atoms with Crippen molar-refractivity contribution in [1.82, 2.24) is 14.5 Å². The lowest BCUT2D eigenvalue weighted by Gasteiger charge is -2.08. The van der Waals surface area contributed by atoms with Crippen LogP contribution in [0.5, 0.6) is 0 Å². The monoisotopic (exact) mass is 306 g/mol. The van der Waals surface area contributed by atoms with Crippen LogP contribution in [0.4, 0.5) is 5.82 Å². The van der Waals surface area contributed by atoms with Gasteiger partial charge in [0.25, 0.3) is 5.56 Å². The summed E-state index contributed by atoms with van der Waals surface area (Å²) in [6.45, 7) is 0.300. The first kappa shape index (κ1) is 13.1. The molecule has 5 nitrogen and oxygen atoms in total.